The van der Waals surface area contributed by atoms with Gasteiger partial charge in [-0.15, -0.1) is 0 Å². The zero-order valence-corrected chi connectivity index (χ0v) is 11.3. The van der Waals surface area contributed by atoms with Gasteiger partial charge in [0.15, 0.2) is 0 Å². The van der Waals surface area contributed by atoms with Gasteiger partial charge in [0.05, 0.1) is 7.11 Å². The van der Waals surface area contributed by atoms with Crippen molar-refractivity contribution in [1.29, 1.82) is 0 Å². The Bertz CT molecular complexity index is 644. The van der Waals surface area contributed by atoms with E-state index in [0.29, 0.717) is 17.1 Å². The Morgan fingerprint density at radius 2 is 1.95 bits per heavy atom. The summed E-state index contributed by atoms with van der Waals surface area (Å²) >= 11 is 0. The second-order valence-corrected chi connectivity index (χ2v) is 4.27. The van der Waals surface area contributed by atoms with Crippen molar-refractivity contribution in [3.8, 4) is 5.75 Å². The number of hydrogen-bond donors (Lipinski definition) is 1. The first-order chi connectivity index (χ1) is 9.54. The molecule has 2 aromatic rings. The number of halogens is 1. The standard InChI is InChI=1S/C15H15FN2O2/c1-18(11-6-3-5-10(16)9-11)15(19)14-12(17)7-4-8-13(14)20-2/h3-9H,17H2,1-2H3. The van der Waals surface area contributed by atoms with Gasteiger partial charge in [-0.25, -0.2) is 4.39 Å². The van der Waals surface area contributed by atoms with Crippen molar-refractivity contribution in [1.82, 2.24) is 0 Å². The molecule has 2 rings (SSSR count). The number of methoxy groups -OCH3 is 1. The van der Waals surface area contributed by atoms with E-state index in [9.17, 15) is 9.18 Å². The maximum atomic E-state index is 13.2. The lowest BCUT2D eigenvalue weighted by atomic mass is 10.1. The predicted molar refractivity (Wildman–Crippen MR) is 76.5 cm³/mol. The third-order valence-corrected chi connectivity index (χ3v) is 2.99. The molecule has 1 amide bonds. The number of rotatable bonds is 3. The average molecular weight is 274 g/mol. The normalized spacial score (nSPS) is 10.2. The number of amides is 1. The van der Waals surface area contributed by atoms with Crippen LogP contribution in [-0.4, -0.2) is 20.1 Å². The predicted octanol–water partition coefficient (Wildman–Crippen LogP) is 2.69. The van der Waals surface area contributed by atoms with Crippen LogP contribution < -0.4 is 15.4 Å². The van der Waals surface area contributed by atoms with Gasteiger partial charge < -0.3 is 15.4 Å². The third kappa shape index (κ3) is 2.56. The van der Waals surface area contributed by atoms with Crippen LogP contribution in [-0.2, 0) is 0 Å². The molecular weight excluding hydrogens is 259 g/mol. The first-order valence-electron chi connectivity index (χ1n) is 6.00. The lowest BCUT2D eigenvalue weighted by Crippen LogP contribution is -2.27. The summed E-state index contributed by atoms with van der Waals surface area (Å²) < 4.78 is 18.4. The molecule has 20 heavy (non-hydrogen) atoms. The van der Waals surface area contributed by atoms with Crippen LogP contribution in [0.5, 0.6) is 5.75 Å². The van der Waals surface area contributed by atoms with Gasteiger partial charge >= 0.3 is 0 Å². The summed E-state index contributed by atoms with van der Waals surface area (Å²) in [6, 6.07) is 10.8. The Kier molecular flexibility index (Phi) is 3.89. The van der Waals surface area contributed by atoms with Crippen LogP contribution in [0.25, 0.3) is 0 Å². The number of anilines is 2. The van der Waals surface area contributed by atoms with Crippen molar-refractivity contribution >= 4 is 17.3 Å². The topological polar surface area (TPSA) is 55.6 Å². The van der Waals surface area contributed by atoms with Gasteiger partial charge in [-0.3, -0.25) is 4.79 Å². The van der Waals surface area contributed by atoms with Crippen LogP contribution in [0.4, 0.5) is 15.8 Å². The fourth-order valence-corrected chi connectivity index (χ4v) is 1.92. The number of carbonyl (C=O) groups excluding carboxylic acids is 1. The van der Waals surface area contributed by atoms with Crippen LogP contribution in [0.3, 0.4) is 0 Å². The van der Waals surface area contributed by atoms with E-state index in [4.69, 9.17) is 10.5 Å². The molecule has 0 aliphatic rings. The Balaban J connectivity index is 2.41. The molecule has 0 unspecified atom stereocenters. The van der Waals surface area contributed by atoms with Crippen LogP contribution in [0.15, 0.2) is 42.5 Å². The van der Waals surface area contributed by atoms with Crippen LogP contribution in [0.1, 0.15) is 10.4 Å². The summed E-state index contributed by atoms with van der Waals surface area (Å²) in [5.74, 6) is -0.376. The number of hydrogen-bond acceptors (Lipinski definition) is 3. The number of nitrogens with two attached hydrogens (primary N) is 1. The van der Waals surface area contributed by atoms with Gasteiger partial charge in [0.25, 0.3) is 5.91 Å². The number of nitrogens with zero attached hydrogens (tertiary/aromatic N) is 1. The number of nitrogen functional groups attached to an aromatic ring is 1. The molecule has 0 aliphatic heterocycles. The van der Waals surface area contributed by atoms with E-state index >= 15 is 0 Å². The molecule has 104 valence electrons. The molecule has 0 aromatic heterocycles. The number of carbonyl (C=O) groups is 1. The Labute approximate surface area is 116 Å². The largest absolute Gasteiger partial charge is 0.496 e. The van der Waals surface area contributed by atoms with Crippen LogP contribution in [0.2, 0.25) is 0 Å². The molecular formula is C15H15FN2O2. The Hall–Kier alpha value is -2.56. The fraction of sp³-hybridized carbons (Fsp3) is 0.133. The average Bonchev–Trinajstić information content (AvgIpc) is 2.45. The molecule has 0 fully saturated rings. The highest BCUT2D eigenvalue weighted by molar-refractivity contribution is 6.10. The lowest BCUT2D eigenvalue weighted by molar-refractivity contribution is 0.0991. The van der Waals surface area contributed by atoms with E-state index in [-0.39, 0.29) is 11.5 Å². The summed E-state index contributed by atoms with van der Waals surface area (Å²) in [6.07, 6.45) is 0. The molecule has 0 spiro atoms. The van der Waals surface area contributed by atoms with E-state index in [1.54, 1.807) is 37.4 Å². The van der Waals surface area contributed by atoms with Gasteiger partial charge in [-0.2, -0.15) is 0 Å². The molecule has 4 nitrogen and oxygen atoms in total. The molecule has 0 aliphatic carbocycles. The van der Waals surface area contributed by atoms with Gasteiger partial charge in [0.1, 0.15) is 17.1 Å². The summed E-state index contributed by atoms with van der Waals surface area (Å²) in [5.41, 5.74) is 6.87. The van der Waals surface area contributed by atoms with Crippen molar-refractivity contribution in [3.05, 3.63) is 53.8 Å². The van der Waals surface area contributed by atoms with E-state index in [1.807, 2.05) is 0 Å². The van der Waals surface area contributed by atoms with Gasteiger partial charge in [0, 0.05) is 18.4 Å². The minimum atomic E-state index is -0.407. The van der Waals surface area contributed by atoms with Gasteiger partial charge in [0.2, 0.25) is 0 Å². The van der Waals surface area contributed by atoms with Crippen molar-refractivity contribution in [3.63, 3.8) is 0 Å². The first kappa shape index (κ1) is 13.9. The summed E-state index contributed by atoms with van der Waals surface area (Å²) in [5, 5.41) is 0. The second-order valence-electron chi connectivity index (χ2n) is 4.27. The lowest BCUT2D eigenvalue weighted by Gasteiger charge is -2.20. The molecule has 0 saturated carbocycles. The minimum Gasteiger partial charge on any atom is -0.496 e. The quantitative estimate of drug-likeness (QED) is 0.875. The minimum absolute atomic E-state index is 0.266. The molecule has 0 saturated heterocycles. The highest BCUT2D eigenvalue weighted by Gasteiger charge is 2.20. The summed E-state index contributed by atoms with van der Waals surface area (Å²) in [4.78, 5) is 13.8. The van der Waals surface area contributed by atoms with E-state index in [2.05, 4.69) is 0 Å². The Morgan fingerprint density at radius 3 is 2.60 bits per heavy atom. The zero-order chi connectivity index (χ0) is 14.7. The first-order valence-corrected chi connectivity index (χ1v) is 6.00. The molecule has 0 radical (unpaired) electrons. The molecule has 0 heterocycles. The van der Waals surface area contributed by atoms with E-state index in [0.717, 1.165) is 0 Å². The van der Waals surface area contributed by atoms with Crippen molar-refractivity contribution in [2.75, 3.05) is 24.8 Å². The Morgan fingerprint density at radius 1 is 1.25 bits per heavy atom. The van der Waals surface area contributed by atoms with E-state index < -0.39 is 5.82 Å². The third-order valence-electron chi connectivity index (χ3n) is 2.99. The van der Waals surface area contributed by atoms with Gasteiger partial charge in [-0.1, -0.05) is 12.1 Å². The van der Waals surface area contributed by atoms with Crippen LogP contribution >= 0.6 is 0 Å². The summed E-state index contributed by atoms with van der Waals surface area (Å²) in [6.45, 7) is 0. The smallest absolute Gasteiger partial charge is 0.263 e. The monoisotopic (exact) mass is 274 g/mol. The number of benzene rings is 2. The molecule has 0 bridgehead atoms. The van der Waals surface area contributed by atoms with Crippen molar-refractivity contribution < 1.29 is 13.9 Å². The zero-order valence-electron chi connectivity index (χ0n) is 11.3. The molecule has 5 heteroatoms. The van der Waals surface area contributed by atoms with Gasteiger partial charge in [-0.05, 0) is 30.3 Å². The molecule has 2 N–H and O–H groups in total. The summed E-state index contributed by atoms with van der Waals surface area (Å²) in [7, 11) is 3.02. The highest BCUT2D eigenvalue weighted by Crippen LogP contribution is 2.27. The SMILES string of the molecule is COc1cccc(N)c1C(=O)N(C)c1cccc(F)c1. The van der Waals surface area contributed by atoms with Crippen molar-refractivity contribution in [2.45, 2.75) is 0 Å². The molecule has 2 aromatic carbocycles. The maximum absolute atomic E-state index is 13.2. The van der Waals surface area contributed by atoms with E-state index in [1.165, 1.54) is 24.1 Å². The highest BCUT2D eigenvalue weighted by atomic mass is 19.1. The fourth-order valence-electron chi connectivity index (χ4n) is 1.92. The number of ether oxygens (including phenoxy) is 1. The van der Waals surface area contributed by atoms with Crippen LogP contribution in [0, 0.1) is 5.82 Å². The maximum Gasteiger partial charge on any atom is 0.263 e. The molecule has 0 atom stereocenters. The van der Waals surface area contributed by atoms with Crippen molar-refractivity contribution in [2.24, 2.45) is 0 Å². The second kappa shape index (κ2) is 5.61.